The third-order valence-electron chi connectivity index (χ3n) is 5.77. The fourth-order valence-corrected chi connectivity index (χ4v) is 5.49. The molecule has 5 aromatic rings. The molecule has 0 aliphatic carbocycles. The number of nitrogens with zero attached hydrogens (tertiary/aromatic N) is 2. The third kappa shape index (κ3) is 3.32. The molecule has 166 valence electrons. The Morgan fingerprint density at radius 1 is 0.879 bits per heavy atom. The van der Waals surface area contributed by atoms with Crippen LogP contribution in [0.25, 0.3) is 32.9 Å². The number of aromatic nitrogens is 2. The number of fused-ring (bicyclic) bond motifs is 2. The van der Waals surface area contributed by atoms with Crippen LogP contribution in [0.1, 0.15) is 5.56 Å². The molecule has 0 bridgehead atoms. The number of benzene rings is 3. The lowest BCUT2D eigenvalue weighted by Crippen LogP contribution is -2.12. The highest BCUT2D eigenvalue weighted by molar-refractivity contribution is 7.90. The number of pyridine rings is 1. The van der Waals surface area contributed by atoms with Gasteiger partial charge in [-0.25, -0.2) is 17.4 Å². The van der Waals surface area contributed by atoms with Gasteiger partial charge < -0.3 is 9.47 Å². The zero-order valence-corrected chi connectivity index (χ0v) is 19.3. The fraction of sp³-hybridized carbons (Fsp3) is 0.115. The zero-order valence-electron chi connectivity index (χ0n) is 18.4. The second-order valence-electron chi connectivity index (χ2n) is 7.74. The highest BCUT2D eigenvalue weighted by atomic mass is 32.2. The molecule has 0 N–H and O–H groups in total. The Labute approximate surface area is 192 Å². The molecule has 7 heteroatoms. The van der Waals surface area contributed by atoms with E-state index in [1.165, 1.54) is 3.97 Å². The number of hydrogen-bond acceptors (Lipinski definition) is 5. The average Bonchev–Trinajstić information content (AvgIpc) is 3.23. The number of methoxy groups -OCH3 is 2. The zero-order chi connectivity index (χ0) is 23.2. The summed E-state index contributed by atoms with van der Waals surface area (Å²) in [5.74, 6) is 1.10. The Kier molecular flexibility index (Phi) is 5.06. The number of rotatable bonds is 5. The number of hydrogen-bond donors (Lipinski definition) is 0. The van der Waals surface area contributed by atoms with Gasteiger partial charge in [-0.1, -0.05) is 42.0 Å². The fourth-order valence-electron chi connectivity index (χ4n) is 4.16. The van der Waals surface area contributed by atoms with E-state index in [2.05, 4.69) is 4.98 Å². The standard InChI is InChI=1S/C26H22N2O4S/c1-17-10-12-19(13-11-17)33(29,30)28-16-22(21-9-6-14-27-26(21)28)24-20-8-5-4-7-18(20)15-23(31-2)25(24)32-3/h4-16H,1-3H3. The van der Waals surface area contributed by atoms with E-state index in [4.69, 9.17) is 9.47 Å². The molecule has 6 nitrogen and oxygen atoms in total. The Hall–Kier alpha value is -3.84. The summed E-state index contributed by atoms with van der Waals surface area (Å²) in [6.45, 7) is 1.92. The molecular formula is C26H22N2O4S. The summed E-state index contributed by atoms with van der Waals surface area (Å²) >= 11 is 0. The Balaban J connectivity index is 1.88. The van der Waals surface area contributed by atoms with E-state index >= 15 is 0 Å². The molecule has 0 aliphatic rings. The van der Waals surface area contributed by atoms with Crippen LogP contribution in [0.4, 0.5) is 0 Å². The highest BCUT2D eigenvalue weighted by Crippen LogP contribution is 2.46. The summed E-state index contributed by atoms with van der Waals surface area (Å²) < 4.78 is 39.8. The molecule has 0 amide bonds. The number of ether oxygens (including phenoxy) is 2. The van der Waals surface area contributed by atoms with Crippen LogP contribution in [0.2, 0.25) is 0 Å². The average molecular weight is 459 g/mol. The Bertz CT molecular complexity index is 1600. The van der Waals surface area contributed by atoms with Gasteiger partial charge in [-0.15, -0.1) is 0 Å². The van der Waals surface area contributed by atoms with Crippen molar-refractivity contribution in [2.75, 3.05) is 14.2 Å². The first-order chi connectivity index (χ1) is 16.0. The summed E-state index contributed by atoms with van der Waals surface area (Å²) in [4.78, 5) is 4.63. The van der Waals surface area contributed by atoms with Gasteiger partial charge in [0.1, 0.15) is 0 Å². The first-order valence-electron chi connectivity index (χ1n) is 10.4. The summed E-state index contributed by atoms with van der Waals surface area (Å²) in [6.07, 6.45) is 3.21. The summed E-state index contributed by atoms with van der Waals surface area (Å²) in [5, 5.41) is 2.58. The largest absolute Gasteiger partial charge is 0.493 e. The van der Waals surface area contributed by atoms with E-state index in [-0.39, 0.29) is 4.90 Å². The molecule has 0 aliphatic heterocycles. The van der Waals surface area contributed by atoms with Crippen molar-refractivity contribution in [1.82, 2.24) is 8.96 Å². The SMILES string of the molecule is COc1cc2ccccc2c(-c2cn(S(=O)(=O)c3ccc(C)cc3)c3ncccc23)c1OC. The van der Waals surface area contributed by atoms with E-state index in [1.54, 1.807) is 56.9 Å². The van der Waals surface area contributed by atoms with Crippen molar-refractivity contribution in [2.45, 2.75) is 11.8 Å². The molecule has 33 heavy (non-hydrogen) atoms. The van der Waals surface area contributed by atoms with E-state index in [9.17, 15) is 8.42 Å². The van der Waals surface area contributed by atoms with Gasteiger partial charge >= 0.3 is 0 Å². The monoisotopic (exact) mass is 458 g/mol. The van der Waals surface area contributed by atoms with Gasteiger partial charge in [0, 0.05) is 28.9 Å². The van der Waals surface area contributed by atoms with Crippen molar-refractivity contribution in [3.63, 3.8) is 0 Å². The molecule has 0 fully saturated rings. The first kappa shape index (κ1) is 21.0. The van der Waals surface area contributed by atoms with Gasteiger partial charge in [0.25, 0.3) is 10.0 Å². The summed E-state index contributed by atoms with van der Waals surface area (Å²) in [6, 6.07) is 20.2. The van der Waals surface area contributed by atoms with E-state index in [1.807, 2.05) is 43.3 Å². The van der Waals surface area contributed by atoms with Crippen LogP contribution in [-0.2, 0) is 10.0 Å². The molecule has 0 saturated carbocycles. The van der Waals surface area contributed by atoms with Crippen LogP contribution < -0.4 is 9.47 Å². The molecular weight excluding hydrogens is 436 g/mol. The maximum atomic E-state index is 13.6. The van der Waals surface area contributed by atoms with Crippen LogP contribution >= 0.6 is 0 Å². The Morgan fingerprint density at radius 3 is 2.33 bits per heavy atom. The third-order valence-corrected chi connectivity index (χ3v) is 7.43. The smallest absolute Gasteiger partial charge is 0.269 e. The van der Waals surface area contributed by atoms with Crippen LogP contribution in [0, 0.1) is 6.92 Å². The van der Waals surface area contributed by atoms with E-state index < -0.39 is 10.0 Å². The molecule has 0 atom stereocenters. The second-order valence-corrected chi connectivity index (χ2v) is 9.55. The molecule has 0 unspecified atom stereocenters. The van der Waals surface area contributed by atoms with Crippen molar-refractivity contribution in [3.05, 3.63) is 84.7 Å². The topological polar surface area (TPSA) is 70.4 Å². The maximum Gasteiger partial charge on any atom is 0.269 e. The minimum absolute atomic E-state index is 0.199. The van der Waals surface area contributed by atoms with E-state index in [0.717, 1.165) is 21.9 Å². The predicted molar refractivity (Wildman–Crippen MR) is 130 cm³/mol. The van der Waals surface area contributed by atoms with Gasteiger partial charge in [-0.3, -0.25) is 0 Å². The van der Waals surface area contributed by atoms with Gasteiger partial charge in [0.2, 0.25) is 0 Å². The van der Waals surface area contributed by atoms with Gasteiger partial charge in [-0.2, -0.15) is 0 Å². The molecule has 0 spiro atoms. The van der Waals surface area contributed by atoms with Crippen molar-refractivity contribution >= 4 is 31.8 Å². The second kappa shape index (κ2) is 7.94. The minimum atomic E-state index is -3.88. The Morgan fingerprint density at radius 2 is 1.61 bits per heavy atom. The molecule has 0 saturated heterocycles. The molecule has 3 aromatic carbocycles. The van der Waals surface area contributed by atoms with Crippen LogP contribution in [0.3, 0.4) is 0 Å². The van der Waals surface area contributed by atoms with Crippen molar-refractivity contribution in [2.24, 2.45) is 0 Å². The molecule has 2 aromatic heterocycles. The van der Waals surface area contributed by atoms with Gasteiger partial charge in [0.05, 0.1) is 19.1 Å². The van der Waals surface area contributed by atoms with Crippen LogP contribution in [-0.4, -0.2) is 31.6 Å². The minimum Gasteiger partial charge on any atom is -0.493 e. The van der Waals surface area contributed by atoms with Crippen LogP contribution in [0.15, 0.2) is 84.0 Å². The quantitative estimate of drug-likeness (QED) is 0.352. The lowest BCUT2D eigenvalue weighted by molar-refractivity contribution is 0.357. The van der Waals surface area contributed by atoms with Crippen molar-refractivity contribution in [1.29, 1.82) is 0 Å². The van der Waals surface area contributed by atoms with E-state index in [0.29, 0.717) is 28.1 Å². The number of aryl methyl sites for hydroxylation is 1. The highest BCUT2D eigenvalue weighted by Gasteiger charge is 2.26. The normalized spacial score (nSPS) is 11.7. The van der Waals surface area contributed by atoms with Gasteiger partial charge in [0.15, 0.2) is 17.1 Å². The van der Waals surface area contributed by atoms with Gasteiger partial charge in [-0.05, 0) is 48.0 Å². The lowest BCUT2D eigenvalue weighted by atomic mass is 9.96. The van der Waals surface area contributed by atoms with Crippen molar-refractivity contribution < 1.29 is 17.9 Å². The molecule has 5 rings (SSSR count). The first-order valence-corrected chi connectivity index (χ1v) is 11.8. The summed E-state index contributed by atoms with van der Waals surface area (Å²) in [5.41, 5.74) is 2.78. The lowest BCUT2D eigenvalue weighted by Gasteiger charge is -2.15. The van der Waals surface area contributed by atoms with Crippen LogP contribution in [0.5, 0.6) is 11.5 Å². The summed E-state index contributed by atoms with van der Waals surface area (Å²) in [7, 11) is -0.710. The predicted octanol–water partition coefficient (Wildman–Crippen LogP) is 5.42. The molecule has 0 radical (unpaired) electrons. The molecule has 2 heterocycles. The van der Waals surface area contributed by atoms with Crippen molar-refractivity contribution in [3.8, 4) is 22.6 Å². The maximum absolute atomic E-state index is 13.6.